The Labute approximate surface area is 125 Å². The molecule has 110 valence electrons. The second-order valence-electron chi connectivity index (χ2n) is 6.46. The molecule has 0 amide bonds. The maximum atomic E-state index is 5.57. The van der Waals surface area contributed by atoms with Gasteiger partial charge in [0.2, 0.25) is 0 Å². The van der Waals surface area contributed by atoms with Gasteiger partial charge in [0, 0.05) is 31.2 Å². The summed E-state index contributed by atoms with van der Waals surface area (Å²) in [6.07, 6.45) is 3.66. The van der Waals surface area contributed by atoms with E-state index in [4.69, 9.17) is 9.72 Å². The van der Waals surface area contributed by atoms with Gasteiger partial charge in [-0.3, -0.25) is 0 Å². The number of pyridine rings is 1. The summed E-state index contributed by atoms with van der Waals surface area (Å²) < 4.78 is 5.57. The van der Waals surface area contributed by atoms with Crippen molar-refractivity contribution in [3.63, 3.8) is 0 Å². The smallest absolute Gasteiger partial charge is 0.129 e. The third-order valence-electron chi connectivity index (χ3n) is 5.57. The van der Waals surface area contributed by atoms with Crippen LogP contribution in [0.2, 0.25) is 0 Å². The normalized spacial score (nSPS) is 24.8. The minimum Gasteiger partial charge on any atom is -0.381 e. The van der Waals surface area contributed by atoms with E-state index in [-0.39, 0.29) is 0 Å². The summed E-state index contributed by atoms with van der Waals surface area (Å²) >= 11 is 0. The quantitative estimate of drug-likeness (QED) is 0.798. The van der Waals surface area contributed by atoms with E-state index in [0.29, 0.717) is 11.5 Å². The summed E-state index contributed by atoms with van der Waals surface area (Å²) in [5.74, 6) is 1.13. The zero-order valence-electron chi connectivity index (χ0n) is 12.6. The monoisotopic (exact) mass is 282 g/mol. The lowest BCUT2D eigenvalue weighted by Gasteiger charge is -2.39. The van der Waals surface area contributed by atoms with Crippen LogP contribution in [0.1, 0.15) is 26.2 Å². The van der Waals surface area contributed by atoms with Crippen LogP contribution in [-0.4, -0.2) is 30.8 Å². The van der Waals surface area contributed by atoms with Crippen molar-refractivity contribution in [3.8, 4) is 0 Å². The molecule has 0 radical (unpaired) electrons. The fourth-order valence-corrected chi connectivity index (χ4v) is 4.05. The first-order valence-electron chi connectivity index (χ1n) is 7.99. The van der Waals surface area contributed by atoms with Gasteiger partial charge in [-0.15, -0.1) is 0 Å². The largest absolute Gasteiger partial charge is 0.381 e. The summed E-state index contributed by atoms with van der Waals surface area (Å²) in [5, 5.41) is 1.22. The van der Waals surface area contributed by atoms with Gasteiger partial charge in [0.1, 0.15) is 5.82 Å². The van der Waals surface area contributed by atoms with Gasteiger partial charge >= 0.3 is 0 Å². The van der Waals surface area contributed by atoms with Crippen LogP contribution in [0.4, 0.5) is 5.82 Å². The maximum Gasteiger partial charge on any atom is 0.129 e. The number of para-hydroxylation sites is 1. The van der Waals surface area contributed by atoms with Crippen LogP contribution < -0.4 is 4.90 Å². The van der Waals surface area contributed by atoms with E-state index in [0.717, 1.165) is 31.1 Å². The zero-order chi connectivity index (χ0) is 14.3. The number of aromatic nitrogens is 1. The van der Waals surface area contributed by atoms with Gasteiger partial charge in [-0.05, 0) is 49.8 Å². The second-order valence-corrected chi connectivity index (χ2v) is 6.46. The molecule has 2 aliphatic rings. The van der Waals surface area contributed by atoms with Crippen molar-refractivity contribution in [1.82, 2.24) is 4.98 Å². The summed E-state index contributed by atoms with van der Waals surface area (Å²) in [4.78, 5) is 7.38. The lowest BCUT2D eigenvalue weighted by molar-refractivity contribution is 0.0128. The number of anilines is 1. The Morgan fingerprint density at radius 1 is 1.10 bits per heavy atom. The van der Waals surface area contributed by atoms with Gasteiger partial charge in [0.15, 0.2) is 0 Å². The van der Waals surface area contributed by atoms with E-state index in [1.807, 2.05) is 0 Å². The fourth-order valence-electron chi connectivity index (χ4n) is 4.05. The molecule has 0 bridgehead atoms. The van der Waals surface area contributed by atoms with Gasteiger partial charge < -0.3 is 9.64 Å². The Bertz CT molecular complexity index is 648. The first-order chi connectivity index (χ1) is 10.3. The molecule has 3 nitrogen and oxygen atoms in total. The SMILES string of the molecule is C[C@H]1N(c2ccc3ccccc3n2)CCC12CCOCC2. The molecule has 1 atom stereocenters. The highest BCUT2D eigenvalue weighted by atomic mass is 16.5. The minimum atomic E-state index is 0.436. The third kappa shape index (κ3) is 2.11. The average Bonchev–Trinajstić information content (AvgIpc) is 2.84. The summed E-state index contributed by atoms with van der Waals surface area (Å²) in [5.41, 5.74) is 1.53. The molecule has 0 saturated carbocycles. The van der Waals surface area contributed by atoms with Crippen LogP contribution >= 0.6 is 0 Å². The highest BCUT2D eigenvalue weighted by molar-refractivity contribution is 5.80. The number of benzene rings is 1. The number of hydrogen-bond acceptors (Lipinski definition) is 3. The Hall–Kier alpha value is -1.61. The molecule has 2 aromatic rings. The van der Waals surface area contributed by atoms with Crippen LogP contribution in [0.25, 0.3) is 10.9 Å². The Morgan fingerprint density at radius 3 is 2.76 bits per heavy atom. The van der Waals surface area contributed by atoms with Crippen molar-refractivity contribution in [2.75, 3.05) is 24.7 Å². The van der Waals surface area contributed by atoms with Crippen molar-refractivity contribution in [3.05, 3.63) is 36.4 Å². The van der Waals surface area contributed by atoms with Gasteiger partial charge in [0.05, 0.1) is 5.52 Å². The maximum absolute atomic E-state index is 5.57. The molecule has 4 rings (SSSR count). The Morgan fingerprint density at radius 2 is 1.90 bits per heavy atom. The number of ether oxygens (including phenoxy) is 1. The molecule has 1 spiro atoms. The first kappa shape index (κ1) is 13.1. The molecular weight excluding hydrogens is 260 g/mol. The molecule has 2 aliphatic heterocycles. The average molecular weight is 282 g/mol. The zero-order valence-corrected chi connectivity index (χ0v) is 12.6. The van der Waals surface area contributed by atoms with E-state index in [9.17, 15) is 0 Å². The van der Waals surface area contributed by atoms with Crippen LogP contribution in [0, 0.1) is 5.41 Å². The Kier molecular flexibility index (Phi) is 3.11. The second kappa shape index (κ2) is 4.99. The van der Waals surface area contributed by atoms with Gasteiger partial charge in [0.25, 0.3) is 0 Å². The molecule has 2 saturated heterocycles. The lowest BCUT2D eigenvalue weighted by Crippen LogP contribution is -2.41. The number of nitrogens with zero attached hydrogens (tertiary/aromatic N) is 2. The van der Waals surface area contributed by atoms with Crippen LogP contribution in [0.15, 0.2) is 36.4 Å². The van der Waals surface area contributed by atoms with Crippen molar-refractivity contribution in [2.24, 2.45) is 5.41 Å². The highest BCUT2D eigenvalue weighted by Gasteiger charge is 2.45. The Balaban J connectivity index is 1.66. The van der Waals surface area contributed by atoms with Crippen LogP contribution in [0.3, 0.4) is 0 Å². The predicted molar refractivity (Wildman–Crippen MR) is 85.7 cm³/mol. The van der Waals surface area contributed by atoms with Crippen molar-refractivity contribution in [1.29, 1.82) is 0 Å². The molecule has 3 heterocycles. The molecule has 21 heavy (non-hydrogen) atoms. The molecule has 0 unspecified atom stereocenters. The molecular formula is C18H22N2O. The van der Waals surface area contributed by atoms with E-state index >= 15 is 0 Å². The number of rotatable bonds is 1. The number of fused-ring (bicyclic) bond motifs is 1. The third-order valence-corrected chi connectivity index (χ3v) is 5.57. The molecule has 1 aromatic heterocycles. The van der Waals surface area contributed by atoms with E-state index in [1.165, 1.54) is 24.6 Å². The topological polar surface area (TPSA) is 25.4 Å². The molecule has 0 N–H and O–H groups in total. The highest BCUT2D eigenvalue weighted by Crippen LogP contribution is 2.46. The summed E-state index contributed by atoms with van der Waals surface area (Å²) in [7, 11) is 0. The van der Waals surface area contributed by atoms with Crippen molar-refractivity contribution >= 4 is 16.7 Å². The first-order valence-corrected chi connectivity index (χ1v) is 7.99. The van der Waals surface area contributed by atoms with Crippen LogP contribution in [0.5, 0.6) is 0 Å². The number of hydrogen-bond donors (Lipinski definition) is 0. The molecule has 2 fully saturated rings. The van der Waals surface area contributed by atoms with E-state index in [2.05, 4.69) is 48.2 Å². The summed E-state index contributed by atoms with van der Waals surface area (Å²) in [6, 6.07) is 13.3. The lowest BCUT2D eigenvalue weighted by atomic mass is 9.74. The van der Waals surface area contributed by atoms with Crippen molar-refractivity contribution < 1.29 is 4.74 Å². The summed E-state index contributed by atoms with van der Waals surface area (Å²) in [6.45, 7) is 5.33. The van der Waals surface area contributed by atoms with E-state index < -0.39 is 0 Å². The van der Waals surface area contributed by atoms with Gasteiger partial charge in [-0.25, -0.2) is 4.98 Å². The predicted octanol–water partition coefficient (Wildman–Crippen LogP) is 3.63. The minimum absolute atomic E-state index is 0.436. The van der Waals surface area contributed by atoms with Gasteiger partial charge in [-0.2, -0.15) is 0 Å². The molecule has 3 heteroatoms. The van der Waals surface area contributed by atoms with Crippen LogP contribution in [-0.2, 0) is 4.74 Å². The molecule has 1 aromatic carbocycles. The van der Waals surface area contributed by atoms with Crippen molar-refractivity contribution in [2.45, 2.75) is 32.2 Å². The fraction of sp³-hybridized carbons (Fsp3) is 0.500. The standard InChI is InChI=1S/C18H22N2O/c1-14-18(9-12-21-13-10-18)8-11-20(14)17-7-6-15-4-2-3-5-16(15)19-17/h2-7,14H,8-13H2,1H3/t14-/m1/s1. The molecule has 0 aliphatic carbocycles. The van der Waals surface area contributed by atoms with E-state index in [1.54, 1.807) is 0 Å². The van der Waals surface area contributed by atoms with Gasteiger partial charge in [-0.1, -0.05) is 18.2 Å².